The third kappa shape index (κ3) is 3.56. The van der Waals surface area contributed by atoms with Crippen LogP contribution in [0.4, 0.5) is 10.3 Å². The number of aromatic amines is 1. The van der Waals surface area contributed by atoms with Crippen LogP contribution in [0.25, 0.3) is 16.7 Å². The minimum Gasteiger partial charge on any atom is -0.353 e. The number of fused-ring (bicyclic) bond motifs is 1. The van der Waals surface area contributed by atoms with E-state index in [1.54, 1.807) is 0 Å². The summed E-state index contributed by atoms with van der Waals surface area (Å²) in [6.07, 6.45) is 1.34. The Balaban J connectivity index is 2.03. The average Bonchev–Trinajstić information content (AvgIpc) is 2.54. The van der Waals surface area contributed by atoms with Crippen LogP contribution in [0.15, 0.2) is 40.1 Å². The lowest BCUT2D eigenvalue weighted by molar-refractivity contribution is 0.425. The number of nitrogens with zero attached hydrogens (tertiary/aromatic N) is 4. The van der Waals surface area contributed by atoms with Gasteiger partial charge < -0.3 is 10.2 Å². The van der Waals surface area contributed by atoms with Crippen molar-refractivity contribution in [3.63, 3.8) is 0 Å². The molecule has 2 aromatic heterocycles. The number of aromatic nitrogens is 4. The van der Waals surface area contributed by atoms with E-state index < -0.39 is 17.1 Å². The summed E-state index contributed by atoms with van der Waals surface area (Å²) in [7, 11) is 3.88. The monoisotopic (exact) mass is 344 g/mol. The third-order valence-corrected chi connectivity index (χ3v) is 3.56. The molecule has 0 saturated carbocycles. The summed E-state index contributed by atoms with van der Waals surface area (Å²) in [5.74, 6) is -0.228. The fraction of sp³-hybridized carbons (Fsp3) is 0.250. The number of hydrogen-bond acceptors (Lipinski definition) is 6. The second-order valence-corrected chi connectivity index (χ2v) is 5.74. The molecule has 3 aromatic rings. The first-order valence-corrected chi connectivity index (χ1v) is 7.62. The zero-order valence-corrected chi connectivity index (χ0v) is 13.8. The Labute approximate surface area is 142 Å². The Hall–Kier alpha value is -3.07. The maximum absolute atomic E-state index is 13.4. The number of H-pyrrole nitrogens is 1. The maximum atomic E-state index is 13.4. The van der Waals surface area contributed by atoms with Gasteiger partial charge >= 0.3 is 5.69 Å². The van der Waals surface area contributed by atoms with Crippen molar-refractivity contribution in [3.8, 4) is 5.69 Å². The largest absolute Gasteiger partial charge is 0.353 e. The smallest absolute Gasteiger partial charge is 0.334 e. The van der Waals surface area contributed by atoms with E-state index in [1.807, 2.05) is 19.0 Å². The van der Waals surface area contributed by atoms with Crippen molar-refractivity contribution in [2.24, 2.45) is 0 Å². The van der Waals surface area contributed by atoms with Gasteiger partial charge in [-0.2, -0.15) is 4.98 Å². The van der Waals surface area contributed by atoms with Gasteiger partial charge in [-0.1, -0.05) is 6.07 Å². The Morgan fingerprint density at radius 1 is 1.32 bits per heavy atom. The molecule has 130 valence electrons. The number of rotatable bonds is 5. The van der Waals surface area contributed by atoms with Crippen molar-refractivity contribution >= 4 is 17.0 Å². The second-order valence-electron chi connectivity index (χ2n) is 5.74. The summed E-state index contributed by atoms with van der Waals surface area (Å²) in [4.78, 5) is 37.7. The van der Waals surface area contributed by atoms with Crippen molar-refractivity contribution in [1.29, 1.82) is 0 Å². The first-order valence-electron chi connectivity index (χ1n) is 7.62. The molecule has 2 N–H and O–H groups in total. The van der Waals surface area contributed by atoms with Crippen LogP contribution in [-0.2, 0) is 0 Å². The van der Waals surface area contributed by atoms with Crippen molar-refractivity contribution in [3.05, 3.63) is 57.1 Å². The predicted molar refractivity (Wildman–Crippen MR) is 92.8 cm³/mol. The van der Waals surface area contributed by atoms with Crippen LogP contribution in [-0.4, -0.2) is 51.6 Å². The molecule has 0 aliphatic carbocycles. The van der Waals surface area contributed by atoms with E-state index in [0.29, 0.717) is 12.5 Å². The minimum absolute atomic E-state index is 0.130. The fourth-order valence-corrected chi connectivity index (χ4v) is 2.33. The van der Waals surface area contributed by atoms with Crippen LogP contribution in [0, 0.1) is 5.82 Å². The summed E-state index contributed by atoms with van der Waals surface area (Å²) in [5, 5.41) is 3.16. The van der Waals surface area contributed by atoms with Gasteiger partial charge in [0.15, 0.2) is 5.65 Å². The van der Waals surface area contributed by atoms with Gasteiger partial charge in [0.2, 0.25) is 5.95 Å². The standard InChI is InChI=1S/C16H17FN6O2/c1-22(2)7-6-18-15-19-9-12-13(20-15)21-16(25)23(14(12)24)11-5-3-4-10(17)8-11/h3-5,8-9H,6-7H2,1-2H3,(H2,18,19,20,21,25). The molecular weight excluding hydrogens is 327 g/mol. The molecule has 1 aromatic carbocycles. The van der Waals surface area contributed by atoms with Crippen molar-refractivity contribution in [2.75, 3.05) is 32.5 Å². The van der Waals surface area contributed by atoms with Gasteiger partial charge in [-0.3, -0.25) is 9.78 Å². The molecular formula is C16H17FN6O2. The summed E-state index contributed by atoms with van der Waals surface area (Å²) < 4.78 is 14.2. The van der Waals surface area contributed by atoms with Crippen LogP contribution in [0.5, 0.6) is 0 Å². The van der Waals surface area contributed by atoms with E-state index >= 15 is 0 Å². The molecule has 0 atom stereocenters. The maximum Gasteiger partial charge on any atom is 0.334 e. The van der Waals surface area contributed by atoms with E-state index in [1.165, 1.54) is 24.4 Å². The Kier molecular flexibility index (Phi) is 4.57. The number of anilines is 1. The summed E-state index contributed by atoms with van der Waals surface area (Å²) in [6, 6.07) is 5.25. The molecule has 0 spiro atoms. The minimum atomic E-state index is -0.693. The zero-order chi connectivity index (χ0) is 18.0. The SMILES string of the molecule is CN(C)CCNc1ncc2c(=O)n(-c3cccc(F)c3)c(=O)[nH]c2n1. The molecule has 2 heterocycles. The second kappa shape index (κ2) is 6.81. The lowest BCUT2D eigenvalue weighted by atomic mass is 10.3. The molecule has 0 amide bonds. The van der Waals surface area contributed by atoms with E-state index in [9.17, 15) is 14.0 Å². The molecule has 0 radical (unpaired) electrons. The van der Waals surface area contributed by atoms with Crippen LogP contribution >= 0.6 is 0 Å². The van der Waals surface area contributed by atoms with E-state index in [-0.39, 0.29) is 16.7 Å². The molecule has 0 bridgehead atoms. The normalized spacial score (nSPS) is 11.2. The highest BCUT2D eigenvalue weighted by molar-refractivity contribution is 5.73. The van der Waals surface area contributed by atoms with Gasteiger partial charge in [0, 0.05) is 19.3 Å². The van der Waals surface area contributed by atoms with Crippen LogP contribution in [0.3, 0.4) is 0 Å². The van der Waals surface area contributed by atoms with Crippen molar-refractivity contribution < 1.29 is 4.39 Å². The third-order valence-electron chi connectivity index (χ3n) is 3.56. The number of nitrogens with one attached hydrogen (secondary N) is 2. The highest BCUT2D eigenvalue weighted by Crippen LogP contribution is 2.08. The van der Waals surface area contributed by atoms with Crippen LogP contribution in [0.1, 0.15) is 0 Å². The molecule has 0 unspecified atom stereocenters. The molecule has 25 heavy (non-hydrogen) atoms. The number of likely N-dealkylation sites (N-methyl/N-ethyl adjacent to an activating group) is 1. The van der Waals surface area contributed by atoms with E-state index in [2.05, 4.69) is 20.3 Å². The summed E-state index contributed by atoms with van der Waals surface area (Å²) in [6.45, 7) is 1.39. The van der Waals surface area contributed by atoms with Gasteiger partial charge in [-0.05, 0) is 32.3 Å². The molecule has 8 nitrogen and oxygen atoms in total. The lowest BCUT2D eigenvalue weighted by Gasteiger charge is -2.10. The highest BCUT2D eigenvalue weighted by atomic mass is 19.1. The van der Waals surface area contributed by atoms with Gasteiger partial charge in [0.05, 0.1) is 5.69 Å². The van der Waals surface area contributed by atoms with Crippen LogP contribution in [0.2, 0.25) is 0 Å². The Bertz CT molecular complexity index is 1030. The quantitative estimate of drug-likeness (QED) is 0.703. The van der Waals surface area contributed by atoms with Crippen LogP contribution < -0.4 is 16.6 Å². The summed E-state index contributed by atoms with van der Waals surface area (Å²) >= 11 is 0. The Morgan fingerprint density at radius 3 is 2.84 bits per heavy atom. The molecule has 0 fully saturated rings. The lowest BCUT2D eigenvalue weighted by Crippen LogP contribution is -2.34. The number of halogens is 1. The highest BCUT2D eigenvalue weighted by Gasteiger charge is 2.12. The number of hydrogen-bond donors (Lipinski definition) is 2. The van der Waals surface area contributed by atoms with Gasteiger partial charge in [0.25, 0.3) is 5.56 Å². The Morgan fingerprint density at radius 2 is 2.12 bits per heavy atom. The van der Waals surface area contributed by atoms with Crippen molar-refractivity contribution in [2.45, 2.75) is 0 Å². The predicted octanol–water partition coefficient (Wildman–Crippen LogP) is 0.582. The molecule has 3 rings (SSSR count). The molecule has 0 saturated heterocycles. The fourth-order valence-electron chi connectivity index (χ4n) is 2.33. The zero-order valence-electron chi connectivity index (χ0n) is 13.8. The first-order chi connectivity index (χ1) is 12.0. The van der Waals surface area contributed by atoms with E-state index in [0.717, 1.165) is 17.2 Å². The van der Waals surface area contributed by atoms with Gasteiger partial charge in [-0.15, -0.1) is 0 Å². The van der Waals surface area contributed by atoms with Gasteiger partial charge in [-0.25, -0.2) is 18.7 Å². The van der Waals surface area contributed by atoms with Gasteiger partial charge in [0.1, 0.15) is 11.2 Å². The molecule has 0 aliphatic heterocycles. The number of benzene rings is 1. The molecule has 0 aliphatic rings. The van der Waals surface area contributed by atoms with Crippen molar-refractivity contribution in [1.82, 2.24) is 24.4 Å². The molecule has 9 heteroatoms. The average molecular weight is 344 g/mol. The topological polar surface area (TPSA) is 95.9 Å². The van der Waals surface area contributed by atoms with E-state index in [4.69, 9.17) is 0 Å². The first kappa shape index (κ1) is 16.8. The summed E-state index contributed by atoms with van der Waals surface area (Å²) in [5.41, 5.74) is -1.03.